The van der Waals surface area contributed by atoms with Crippen molar-refractivity contribution in [3.63, 3.8) is 0 Å². The minimum absolute atomic E-state index is 0.876. The van der Waals surface area contributed by atoms with Gasteiger partial charge in [0.05, 0.1) is 0 Å². The normalized spacial score (nSPS) is 10.6. The van der Waals surface area contributed by atoms with Crippen LogP contribution in [0.25, 0.3) is 0 Å². The zero-order valence-electron chi connectivity index (χ0n) is 14.8. The van der Waals surface area contributed by atoms with Crippen LogP contribution in [0.2, 0.25) is 0 Å². The highest BCUT2D eigenvalue weighted by atomic mass is 15.2. The number of hydrogen-bond acceptors (Lipinski definition) is 4. The fourth-order valence-electron chi connectivity index (χ4n) is 2.81. The molecule has 1 aromatic heterocycles. The molecule has 1 aromatic carbocycles. The first kappa shape index (κ1) is 17.3. The van der Waals surface area contributed by atoms with Crippen LogP contribution in [-0.2, 0) is 0 Å². The van der Waals surface area contributed by atoms with Crippen LogP contribution in [0.3, 0.4) is 0 Å². The van der Waals surface area contributed by atoms with Crippen molar-refractivity contribution in [1.82, 2.24) is 9.97 Å². The molecule has 0 bridgehead atoms. The second kappa shape index (κ2) is 8.51. The zero-order chi connectivity index (χ0) is 16.7. The fourth-order valence-corrected chi connectivity index (χ4v) is 2.81. The first-order valence-corrected chi connectivity index (χ1v) is 8.60. The summed E-state index contributed by atoms with van der Waals surface area (Å²) in [5.41, 5.74) is 2.43. The van der Waals surface area contributed by atoms with Gasteiger partial charge in [-0.25, -0.2) is 9.97 Å². The molecule has 1 heterocycles. The summed E-state index contributed by atoms with van der Waals surface area (Å²) in [6.07, 6.45) is 3.92. The Labute approximate surface area is 140 Å². The molecule has 0 radical (unpaired) electrons. The van der Waals surface area contributed by atoms with E-state index in [1.165, 1.54) is 11.3 Å². The molecule has 2 rings (SSSR count). The SMILES string of the molecule is CCCN(CCC)c1cc(N(CC)c2cccc(C)c2)ncn1. The number of hydrogen-bond donors (Lipinski definition) is 0. The summed E-state index contributed by atoms with van der Waals surface area (Å²) in [6.45, 7) is 11.6. The van der Waals surface area contributed by atoms with Gasteiger partial charge in [0.2, 0.25) is 0 Å². The van der Waals surface area contributed by atoms with Gasteiger partial charge < -0.3 is 9.80 Å². The Morgan fingerprint density at radius 1 is 0.913 bits per heavy atom. The molecule has 0 aliphatic heterocycles. The third-order valence-electron chi connectivity index (χ3n) is 3.86. The minimum atomic E-state index is 0.876. The number of aryl methyl sites for hydroxylation is 1. The number of anilines is 3. The summed E-state index contributed by atoms with van der Waals surface area (Å²) in [5, 5.41) is 0. The summed E-state index contributed by atoms with van der Waals surface area (Å²) >= 11 is 0. The van der Waals surface area contributed by atoms with Crippen LogP contribution in [0, 0.1) is 6.92 Å². The first-order chi connectivity index (χ1) is 11.2. The van der Waals surface area contributed by atoms with E-state index in [9.17, 15) is 0 Å². The number of aromatic nitrogens is 2. The summed E-state index contributed by atoms with van der Waals surface area (Å²) in [6, 6.07) is 10.6. The molecular weight excluding hydrogens is 284 g/mol. The van der Waals surface area contributed by atoms with Crippen molar-refractivity contribution < 1.29 is 0 Å². The summed E-state index contributed by atoms with van der Waals surface area (Å²) < 4.78 is 0. The van der Waals surface area contributed by atoms with Crippen LogP contribution >= 0.6 is 0 Å². The van der Waals surface area contributed by atoms with Gasteiger partial charge in [-0.1, -0.05) is 26.0 Å². The lowest BCUT2D eigenvalue weighted by molar-refractivity contribution is 0.732. The standard InChI is InChI=1S/C19H28N4/c1-5-11-22(12-6-2)18-14-19(21-15-20-18)23(7-3)17-10-8-9-16(4)13-17/h8-10,13-15H,5-7,11-12H2,1-4H3. The summed E-state index contributed by atoms with van der Waals surface area (Å²) in [5.74, 6) is 1.98. The maximum atomic E-state index is 4.51. The largest absolute Gasteiger partial charge is 0.356 e. The average molecular weight is 312 g/mol. The molecule has 23 heavy (non-hydrogen) atoms. The smallest absolute Gasteiger partial charge is 0.138 e. The lowest BCUT2D eigenvalue weighted by Crippen LogP contribution is -2.26. The molecule has 0 aliphatic rings. The fraction of sp³-hybridized carbons (Fsp3) is 0.474. The Morgan fingerprint density at radius 2 is 1.61 bits per heavy atom. The first-order valence-electron chi connectivity index (χ1n) is 8.60. The predicted molar refractivity (Wildman–Crippen MR) is 98.7 cm³/mol. The molecule has 0 amide bonds. The third kappa shape index (κ3) is 4.44. The van der Waals surface area contributed by atoms with Crippen molar-refractivity contribution in [3.05, 3.63) is 42.2 Å². The number of nitrogens with zero attached hydrogens (tertiary/aromatic N) is 4. The van der Waals surface area contributed by atoms with Crippen LogP contribution in [0.1, 0.15) is 39.2 Å². The summed E-state index contributed by atoms with van der Waals surface area (Å²) in [4.78, 5) is 13.6. The van der Waals surface area contributed by atoms with Crippen molar-refractivity contribution in [1.29, 1.82) is 0 Å². The van der Waals surface area contributed by atoms with E-state index in [0.717, 1.165) is 44.1 Å². The molecule has 0 spiro atoms. The molecule has 0 fully saturated rings. The average Bonchev–Trinajstić information content (AvgIpc) is 2.56. The van der Waals surface area contributed by atoms with Gasteiger partial charge in [0.15, 0.2) is 0 Å². The van der Waals surface area contributed by atoms with E-state index < -0.39 is 0 Å². The Kier molecular flexibility index (Phi) is 6.39. The van der Waals surface area contributed by atoms with Crippen molar-refractivity contribution in [2.45, 2.75) is 40.5 Å². The highest BCUT2D eigenvalue weighted by molar-refractivity contribution is 5.63. The van der Waals surface area contributed by atoms with E-state index in [2.05, 4.69) is 77.8 Å². The molecule has 0 saturated carbocycles. The maximum Gasteiger partial charge on any atom is 0.138 e. The second-order valence-electron chi connectivity index (χ2n) is 5.80. The summed E-state index contributed by atoms with van der Waals surface area (Å²) in [7, 11) is 0. The van der Waals surface area contributed by atoms with Gasteiger partial charge in [-0.15, -0.1) is 0 Å². The quantitative estimate of drug-likeness (QED) is 0.715. The van der Waals surface area contributed by atoms with Crippen molar-refractivity contribution in [2.24, 2.45) is 0 Å². The second-order valence-corrected chi connectivity index (χ2v) is 5.80. The van der Waals surface area contributed by atoms with Gasteiger partial charge in [0.1, 0.15) is 18.0 Å². The molecule has 0 N–H and O–H groups in total. The van der Waals surface area contributed by atoms with Crippen LogP contribution in [0.15, 0.2) is 36.7 Å². The Hall–Kier alpha value is -2.10. The maximum absolute atomic E-state index is 4.51. The van der Waals surface area contributed by atoms with E-state index in [1.807, 2.05) is 0 Å². The van der Waals surface area contributed by atoms with Gasteiger partial charge in [-0.2, -0.15) is 0 Å². The van der Waals surface area contributed by atoms with Gasteiger partial charge in [0.25, 0.3) is 0 Å². The van der Waals surface area contributed by atoms with E-state index in [-0.39, 0.29) is 0 Å². The van der Waals surface area contributed by atoms with Crippen LogP contribution in [0.4, 0.5) is 17.3 Å². The Bertz CT molecular complexity index is 606. The Morgan fingerprint density at radius 3 is 2.22 bits per heavy atom. The van der Waals surface area contributed by atoms with Crippen LogP contribution in [-0.4, -0.2) is 29.6 Å². The van der Waals surface area contributed by atoms with Crippen molar-refractivity contribution >= 4 is 17.3 Å². The van der Waals surface area contributed by atoms with Crippen molar-refractivity contribution in [3.8, 4) is 0 Å². The monoisotopic (exact) mass is 312 g/mol. The highest BCUT2D eigenvalue weighted by Gasteiger charge is 2.12. The predicted octanol–water partition coefficient (Wildman–Crippen LogP) is 4.57. The molecule has 0 atom stereocenters. The van der Waals surface area contributed by atoms with E-state index >= 15 is 0 Å². The number of benzene rings is 1. The van der Waals surface area contributed by atoms with Gasteiger partial charge in [-0.05, 0) is 44.4 Å². The van der Waals surface area contributed by atoms with Gasteiger partial charge in [0, 0.05) is 31.4 Å². The molecule has 124 valence electrons. The number of rotatable bonds is 8. The van der Waals surface area contributed by atoms with Gasteiger partial charge in [-0.3, -0.25) is 0 Å². The van der Waals surface area contributed by atoms with E-state index in [4.69, 9.17) is 0 Å². The van der Waals surface area contributed by atoms with Crippen LogP contribution < -0.4 is 9.80 Å². The lowest BCUT2D eigenvalue weighted by Gasteiger charge is -2.26. The molecule has 0 unspecified atom stereocenters. The van der Waals surface area contributed by atoms with E-state index in [0.29, 0.717) is 0 Å². The zero-order valence-corrected chi connectivity index (χ0v) is 14.8. The molecule has 0 aliphatic carbocycles. The van der Waals surface area contributed by atoms with Crippen LogP contribution in [0.5, 0.6) is 0 Å². The molecular formula is C19H28N4. The highest BCUT2D eigenvalue weighted by Crippen LogP contribution is 2.26. The Balaban J connectivity index is 2.32. The molecule has 0 saturated heterocycles. The van der Waals surface area contributed by atoms with E-state index in [1.54, 1.807) is 6.33 Å². The topological polar surface area (TPSA) is 32.3 Å². The molecule has 4 nitrogen and oxygen atoms in total. The third-order valence-corrected chi connectivity index (χ3v) is 3.86. The van der Waals surface area contributed by atoms with Crippen molar-refractivity contribution in [2.75, 3.05) is 29.4 Å². The molecule has 2 aromatic rings. The lowest BCUT2D eigenvalue weighted by atomic mass is 10.2. The minimum Gasteiger partial charge on any atom is -0.356 e. The van der Waals surface area contributed by atoms with Gasteiger partial charge >= 0.3 is 0 Å². The molecule has 4 heteroatoms.